The van der Waals surface area contributed by atoms with Crippen LogP contribution in [-0.4, -0.2) is 27.7 Å². The molecule has 0 radical (unpaired) electrons. The third-order valence-corrected chi connectivity index (χ3v) is 5.06. The molecule has 1 aliphatic heterocycles. The molecule has 0 saturated carbocycles. The number of nitrogens with zero attached hydrogens (tertiary/aromatic N) is 3. The maximum Gasteiger partial charge on any atom is 0.276 e. The minimum absolute atomic E-state index is 0.132. The fraction of sp³-hybridized carbons (Fsp3) is 0.350. The lowest BCUT2D eigenvalue weighted by atomic mass is 10.1. The molecule has 1 aromatic carbocycles. The van der Waals surface area contributed by atoms with Crippen molar-refractivity contribution in [3.05, 3.63) is 58.6 Å². The van der Waals surface area contributed by atoms with E-state index in [-0.39, 0.29) is 17.6 Å². The molecule has 3 heterocycles. The van der Waals surface area contributed by atoms with Gasteiger partial charge in [-0.15, -0.1) is 0 Å². The van der Waals surface area contributed by atoms with Gasteiger partial charge in [0.15, 0.2) is 17.2 Å². The molecule has 1 atom stereocenters. The number of carbonyl (C=O) groups is 1. The van der Waals surface area contributed by atoms with Crippen molar-refractivity contribution in [3.63, 3.8) is 0 Å². The average Bonchev–Trinajstić information content (AvgIpc) is 3.25. The van der Waals surface area contributed by atoms with E-state index in [4.69, 9.17) is 20.6 Å². The largest absolute Gasteiger partial charge is 0.359 e. The summed E-state index contributed by atoms with van der Waals surface area (Å²) in [5.41, 5.74) is 1.88. The zero-order valence-corrected chi connectivity index (χ0v) is 15.8. The molecule has 7 heteroatoms. The zero-order chi connectivity index (χ0) is 18.8. The van der Waals surface area contributed by atoms with Gasteiger partial charge in [-0.25, -0.2) is 0 Å². The number of benzene rings is 1. The monoisotopic (exact) mass is 385 g/mol. The van der Waals surface area contributed by atoms with E-state index in [9.17, 15) is 4.79 Å². The maximum absolute atomic E-state index is 13.2. The quantitative estimate of drug-likeness (QED) is 0.630. The van der Waals surface area contributed by atoms with Crippen molar-refractivity contribution in [2.45, 2.75) is 38.6 Å². The molecule has 3 aromatic rings. The SMILES string of the molecule is Cc1cc([C@H]2CCCCCN2C(=O)c2cc(-c3cccc(Cl)c3)on2)on1. The first-order chi connectivity index (χ1) is 13.1. The highest BCUT2D eigenvalue weighted by Gasteiger charge is 2.31. The first-order valence-electron chi connectivity index (χ1n) is 9.08. The van der Waals surface area contributed by atoms with Crippen LogP contribution in [0.25, 0.3) is 11.3 Å². The highest BCUT2D eigenvalue weighted by Crippen LogP contribution is 2.32. The second-order valence-electron chi connectivity index (χ2n) is 6.82. The summed E-state index contributed by atoms with van der Waals surface area (Å²) in [7, 11) is 0. The topological polar surface area (TPSA) is 72.4 Å². The number of halogens is 1. The zero-order valence-electron chi connectivity index (χ0n) is 15.0. The van der Waals surface area contributed by atoms with Crippen LogP contribution in [0.3, 0.4) is 0 Å². The van der Waals surface area contributed by atoms with E-state index < -0.39 is 0 Å². The second kappa shape index (κ2) is 7.56. The van der Waals surface area contributed by atoms with Crippen LogP contribution in [0.5, 0.6) is 0 Å². The van der Waals surface area contributed by atoms with Gasteiger partial charge in [-0.1, -0.05) is 46.9 Å². The van der Waals surface area contributed by atoms with Crippen LogP contribution < -0.4 is 0 Å². The molecule has 1 aliphatic rings. The minimum atomic E-state index is -0.159. The Labute approximate surface area is 162 Å². The van der Waals surface area contributed by atoms with Gasteiger partial charge in [-0.2, -0.15) is 0 Å². The highest BCUT2D eigenvalue weighted by atomic mass is 35.5. The normalized spacial score (nSPS) is 17.7. The van der Waals surface area contributed by atoms with E-state index in [0.717, 1.165) is 42.7 Å². The number of likely N-dealkylation sites (tertiary alicyclic amines) is 1. The third-order valence-electron chi connectivity index (χ3n) is 4.83. The Kier molecular flexibility index (Phi) is 4.99. The number of rotatable bonds is 3. The highest BCUT2D eigenvalue weighted by molar-refractivity contribution is 6.30. The molecule has 1 saturated heterocycles. The number of amides is 1. The van der Waals surface area contributed by atoms with Gasteiger partial charge in [0, 0.05) is 29.3 Å². The Morgan fingerprint density at radius 1 is 1.15 bits per heavy atom. The molecule has 6 nitrogen and oxygen atoms in total. The summed E-state index contributed by atoms with van der Waals surface area (Å²) in [6.45, 7) is 2.54. The predicted octanol–water partition coefficient (Wildman–Crippen LogP) is 5.05. The fourth-order valence-electron chi connectivity index (χ4n) is 3.49. The molecular weight excluding hydrogens is 366 g/mol. The van der Waals surface area contributed by atoms with E-state index in [1.807, 2.05) is 30.0 Å². The molecular formula is C20H20ClN3O3. The van der Waals surface area contributed by atoms with Crippen LogP contribution in [0.4, 0.5) is 0 Å². The van der Waals surface area contributed by atoms with Crippen LogP contribution in [0.2, 0.25) is 5.02 Å². The van der Waals surface area contributed by atoms with Gasteiger partial charge in [-0.05, 0) is 31.9 Å². The smallest absolute Gasteiger partial charge is 0.276 e. The third kappa shape index (κ3) is 3.76. The fourth-order valence-corrected chi connectivity index (χ4v) is 3.68. The van der Waals surface area contributed by atoms with E-state index in [1.54, 1.807) is 18.2 Å². The standard InChI is InChI=1S/C20H20ClN3O3/c1-13-10-19(27-22-13)17-8-3-2-4-9-24(17)20(25)16-12-18(26-23-16)14-6-5-7-15(21)11-14/h5-7,10-12,17H,2-4,8-9H2,1H3/t17-/m1/s1. The van der Waals surface area contributed by atoms with Gasteiger partial charge in [-0.3, -0.25) is 4.79 Å². The Hall–Kier alpha value is -2.60. The summed E-state index contributed by atoms with van der Waals surface area (Å²) in [5.74, 6) is 1.08. The van der Waals surface area contributed by atoms with Crippen LogP contribution in [0, 0.1) is 6.92 Å². The molecule has 2 aromatic heterocycles. The molecule has 0 unspecified atom stereocenters. The average molecular weight is 386 g/mol. The van der Waals surface area contributed by atoms with Gasteiger partial charge in [0.1, 0.15) is 0 Å². The van der Waals surface area contributed by atoms with Crippen molar-refractivity contribution >= 4 is 17.5 Å². The molecule has 27 heavy (non-hydrogen) atoms. The summed E-state index contributed by atoms with van der Waals surface area (Å²) in [6.07, 6.45) is 3.93. The van der Waals surface area contributed by atoms with E-state index in [2.05, 4.69) is 10.3 Å². The summed E-state index contributed by atoms with van der Waals surface area (Å²) in [5, 5.41) is 8.59. The second-order valence-corrected chi connectivity index (χ2v) is 7.26. The Bertz CT molecular complexity index is 949. The van der Waals surface area contributed by atoms with Crippen molar-refractivity contribution in [1.82, 2.24) is 15.2 Å². The van der Waals surface area contributed by atoms with Crippen molar-refractivity contribution in [3.8, 4) is 11.3 Å². The van der Waals surface area contributed by atoms with Gasteiger partial charge in [0.05, 0.1) is 11.7 Å². The van der Waals surface area contributed by atoms with Crippen molar-refractivity contribution in [2.75, 3.05) is 6.54 Å². The van der Waals surface area contributed by atoms with Gasteiger partial charge in [0.2, 0.25) is 0 Å². The molecule has 1 fully saturated rings. The lowest BCUT2D eigenvalue weighted by Crippen LogP contribution is -2.34. The number of hydrogen-bond acceptors (Lipinski definition) is 5. The van der Waals surface area contributed by atoms with Crippen molar-refractivity contribution in [2.24, 2.45) is 0 Å². The minimum Gasteiger partial charge on any atom is -0.359 e. The Morgan fingerprint density at radius 3 is 2.81 bits per heavy atom. The van der Waals surface area contributed by atoms with E-state index in [1.165, 1.54) is 0 Å². The number of aryl methyl sites for hydroxylation is 1. The molecule has 0 bridgehead atoms. The summed E-state index contributed by atoms with van der Waals surface area (Å²) < 4.78 is 10.9. The molecule has 0 spiro atoms. The van der Waals surface area contributed by atoms with Crippen LogP contribution in [0.1, 0.15) is 53.7 Å². The van der Waals surface area contributed by atoms with Gasteiger partial charge >= 0.3 is 0 Å². The van der Waals surface area contributed by atoms with Crippen LogP contribution in [0.15, 0.2) is 45.4 Å². The summed E-state index contributed by atoms with van der Waals surface area (Å²) >= 11 is 6.04. The summed E-state index contributed by atoms with van der Waals surface area (Å²) in [4.78, 5) is 15.0. The molecule has 140 valence electrons. The van der Waals surface area contributed by atoms with Crippen molar-refractivity contribution in [1.29, 1.82) is 0 Å². The van der Waals surface area contributed by atoms with E-state index >= 15 is 0 Å². The maximum atomic E-state index is 13.2. The predicted molar refractivity (Wildman–Crippen MR) is 100 cm³/mol. The van der Waals surface area contributed by atoms with Crippen molar-refractivity contribution < 1.29 is 13.8 Å². The summed E-state index contributed by atoms with van der Waals surface area (Å²) in [6, 6.07) is 10.7. The number of aromatic nitrogens is 2. The number of carbonyl (C=O) groups excluding carboxylic acids is 1. The first kappa shape index (κ1) is 17.8. The van der Waals surface area contributed by atoms with Gasteiger partial charge in [0.25, 0.3) is 5.91 Å². The molecule has 0 N–H and O–H groups in total. The Balaban J connectivity index is 1.62. The van der Waals surface area contributed by atoms with Crippen LogP contribution in [-0.2, 0) is 0 Å². The lowest BCUT2D eigenvalue weighted by Gasteiger charge is -2.27. The molecule has 1 amide bonds. The molecule has 0 aliphatic carbocycles. The lowest BCUT2D eigenvalue weighted by molar-refractivity contribution is 0.0640. The van der Waals surface area contributed by atoms with E-state index in [0.29, 0.717) is 17.3 Å². The number of hydrogen-bond donors (Lipinski definition) is 0. The molecule has 4 rings (SSSR count). The first-order valence-corrected chi connectivity index (χ1v) is 9.46. The Morgan fingerprint density at radius 2 is 2.04 bits per heavy atom. The van der Waals surface area contributed by atoms with Crippen LogP contribution >= 0.6 is 11.6 Å². The van der Waals surface area contributed by atoms with Gasteiger partial charge < -0.3 is 13.9 Å².